The fourth-order valence-electron chi connectivity index (χ4n) is 4.82. The Kier molecular flexibility index (Phi) is 5.49. The van der Waals surface area contributed by atoms with E-state index in [2.05, 4.69) is 10.8 Å². The predicted molar refractivity (Wildman–Crippen MR) is 123 cm³/mol. The quantitative estimate of drug-likeness (QED) is 0.709. The first-order valence-electron chi connectivity index (χ1n) is 10.7. The minimum atomic E-state index is -1.39. The number of nitrogen functional groups attached to an aromatic ring is 1. The van der Waals surface area contributed by atoms with Crippen LogP contribution in [0.25, 0.3) is 0 Å². The highest BCUT2D eigenvalue weighted by molar-refractivity contribution is 7.83. The van der Waals surface area contributed by atoms with Gasteiger partial charge in [0.1, 0.15) is 11.0 Å². The SMILES string of the molecule is CC(C)(C)NS(=O)c1cccc(C(=O)N2CC3(CCCCC3)c3cccc(N)c32)c1. The Balaban J connectivity index is 1.68. The normalized spacial score (nSPS) is 19.0. The lowest BCUT2D eigenvalue weighted by Crippen LogP contribution is -2.38. The standard InChI is InChI=1S/C24H31N3O2S/c1-23(2,3)26-30(29)18-10-7-9-17(15-18)22(28)27-16-24(13-5-4-6-14-24)19-11-8-12-20(25)21(19)27/h7-12,15,26H,4-6,13-14,16,25H2,1-3H3. The lowest BCUT2D eigenvalue weighted by Gasteiger charge is -2.34. The van der Waals surface area contributed by atoms with Crippen LogP contribution in [0.15, 0.2) is 47.4 Å². The van der Waals surface area contributed by atoms with Gasteiger partial charge in [-0.25, -0.2) is 8.93 Å². The number of carbonyl (C=O) groups excluding carboxylic acids is 1. The average Bonchev–Trinajstić information content (AvgIpc) is 3.02. The Hall–Kier alpha value is -2.18. The lowest BCUT2D eigenvalue weighted by atomic mass is 9.71. The number of nitrogens with zero attached hydrogens (tertiary/aromatic N) is 1. The van der Waals surface area contributed by atoms with Crippen LogP contribution in [0.3, 0.4) is 0 Å². The number of fused-ring (bicyclic) bond motifs is 2. The van der Waals surface area contributed by atoms with Crippen molar-refractivity contribution >= 4 is 28.3 Å². The van der Waals surface area contributed by atoms with Gasteiger partial charge in [0.05, 0.1) is 16.3 Å². The van der Waals surface area contributed by atoms with Crippen molar-refractivity contribution in [3.8, 4) is 0 Å². The van der Waals surface area contributed by atoms with Gasteiger partial charge in [0.2, 0.25) is 0 Å². The van der Waals surface area contributed by atoms with Crippen LogP contribution in [-0.2, 0) is 16.4 Å². The summed E-state index contributed by atoms with van der Waals surface area (Å²) in [6.07, 6.45) is 5.80. The summed E-state index contributed by atoms with van der Waals surface area (Å²) in [6, 6.07) is 13.1. The smallest absolute Gasteiger partial charge is 0.258 e. The third kappa shape index (κ3) is 3.91. The van der Waals surface area contributed by atoms with Crippen LogP contribution in [-0.4, -0.2) is 22.2 Å². The van der Waals surface area contributed by atoms with Gasteiger partial charge in [0.25, 0.3) is 5.91 Å². The van der Waals surface area contributed by atoms with E-state index in [1.165, 1.54) is 24.8 Å². The van der Waals surface area contributed by atoms with Crippen molar-refractivity contribution in [3.63, 3.8) is 0 Å². The Bertz CT molecular complexity index is 990. The van der Waals surface area contributed by atoms with Crippen LogP contribution in [0, 0.1) is 0 Å². The fourth-order valence-corrected chi connectivity index (χ4v) is 5.93. The molecule has 0 saturated heterocycles. The van der Waals surface area contributed by atoms with Gasteiger partial charge in [-0.2, -0.15) is 0 Å². The van der Waals surface area contributed by atoms with Crippen LogP contribution in [0.4, 0.5) is 11.4 Å². The number of hydrogen-bond acceptors (Lipinski definition) is 3. The summed E-state index contributed by atoms with van der Waals surface area (Å²) < 4.78 is 15.8. The summed E-state index contributed by atoms with van der Waals surface area (Å²) in [5, 5.41) is 0. The van der Waals surface area contributed by atoms with Crippen LogP contribution in [0.5, 0.6) is 0 Å². The molecule has 1 spiro atoms. The maximum absolute atomic E-state index is 13.6. The first-order valence-corrected chi connectivity index (χ1v) is 11.9. The minimum absolute atomic E-state index is 0.00679. The highest BCUT2D eigenvalue weighted by atomic mass is 32.2. The number of nitrogens with one attached hydrogen (secondary N) is 1. The van der Waals surface area contributed by atoms with Crippen LogP contribution >= 0.6 is 0 Å². The zero-order chi connectivity index (χ0) is 21.5. The van der Waals surface area contributed by atoms with E-state index in [9.17, 15) is 9.00 Å². The molecule has 6 heteroatoms. The number of para-hydroxylation sites is 1. The van der Waals surface area contributed by atoms with Gasteiger partial charge in [0, 0.05) is 23.1 Å². The molecule has 0 aromatic heterocycles. The summed E-state index contributed by atoms with van der Waals surface area (Å²) >= 11 is 0. The molecule has 1 aliphatic heterocycles. The molecule has 5 nitrogen and oxygen atoms in total. The van der Waals surface area contributed by atoms with Crippen molar-refractivity contribution in [1.29, 1.82) is 0 Å². The van der Waals surface area contributed by atoms with E-state index < -0.39 is 11.0 Å². The van der Waals surface area contributed by atoms with Crippen molar-refractivity contribution < 1.29 is 9.00 Å². The largest absolute Gasteiger partial charge is 0.397 e. The molecule has 1 fully saturated rings. The van der Waals surface area contributed by atoms with E-state index in [0.29, 0.717) is 22.7 Å². The molecule has 1 unspecified atom stereocenters. The number of hydrogen-bond donors (Lipinski definition) is 2. The number of anilines is 2. The highest BCUT2D eigenvalue weighted by Crippen LogP contribution is 2.51. The third-order valence-electron chi connectivity index (χ3n) is 6.12. The molecule has 1 aliphatic carbocycles. The Morgan fingerprint density at radius 1 is 1.10 bits per heavy atom. The van der Waals surface area contributed by atoms with E-state index in [0.717, 1.165) is 18.5 Å². The van der Waals surface area contributed by atoms with Crippen LogP contribution in [0.1, 0.15) is 68.8 Å². The average molecular weight is 426 g/mol. The fraction of sp³-hybridized carbons (Fsp3) is 0.458. The summed E-state index contributed by atoms with van der Waals surface area (Å²) in [7, 11) is -1.39. The molecular formula is C24H31N3O2S. The van der Waals surface area contributed by atoms with Gasteiger partial charge >= 0.3 is 0 Å². The molecule has 160 valence electrons. The zero-order valence-corrected chi connectivity index (χ0v) is 18.8. The predicted octanol–water partition coefficient (Wildman–Crippen LogP) is 4.54. The lowest BCUT2D eigenvalue weighted by molar-refractivity contribution is 0.0982. The molecule has 30 heavy (non-hydrogen) atoms. The molecular weight excluding hydrogens is 394 g/mol. The summed E-state index contributed by atoms with van der Waals surface area (Å²) in [5.41, 5.74) is 9.35. The summed E-state index contributed by atoms with van der Waals surface area (Å²) in [4.78, 5) is 16.1. The van der Waals surface area contributed by atoms with E-state index in [1.807, 2.05) is 37.8 Å². The van der Waals surface area contributed by atoms with Gasteiger partial charge in [-0.3, -0.25) is 4.79 Å². The topological polar surface area (TPSA) is 75.4 Å². The summed E-state index contributed by atoms with van der Waals surface area (Å²) in [5.74, 6) is -0.0776. The molecule has 4 rings (SSSR count). The van der Waals surface area contributed by atoms with Crippen LogP contribution < -0.4 is 15.4 Å². The molecule has 1 saturated carbocycles. The molecule has 1 amide bonds. The first kappa shape index (κ1) is 21.1. The van der Waals surface area contributed by atoms with Gasteiger partial charge in [-0.05, 0) is 63.4 Å². The van der Waals surface area contributed by atoms with E-state index in [1.54, 1.807) is 24.3 Å². The first-order chi connectivity index (χ1) is 14.2. The zero-order valence-electron chi connectivity index (χ0n) is 18.0. The van der Waals surface area contributed by atoms with Crippen molar-refractivity contribution in [1.82, 2.24) is 4.72 Å². The number of rotatable bonds is 3. The minimum Gasteiger partial charge on any atom is -0.397 e. The summed E-state index contributed by atoms with van der Waals surface area (Å²) in [6.45, 7) is 6.57. The van der Waals surface area contributed by atoms with Gasteiger partial charge in [0.15, 0.2) is 0 Å². The van der Waals surface area contributed by atoms with Crippen molar-refractivity contribution in [2.24, 2.45) is 0 Å². The second-order valence-corrected chi connectivity index (χ2v) is 10.8. The molecule has 2 aromatic rings. The number of nitrogens with two attached hydrogens (primary N) is 1. The van der Waals surface area contributed by atoms with Gasteiger partial charge in [-0.15, -0.1) is 0 Å². The second kappa shape index (κ2) is 7.82. The number of carbonyl (C=O) groups is 1. The number of benzene rings is 2. The molecule has 0 radical (unpaired) electrons. The van der Waals surface area contributed by atoms with E-state index in [4.69, 9.17) is 5.73 Å². The maximum atomic E-state index is 13.6. The third-order valence-corrected chi connectivity index (χ3v) is 7.60. The Morgan fingerprint density at radius 2 is 1.80 bits per heavy atom. The Morgan fingerprint density at radius 3 is 2.50 bits per heavy atom. The van der Waals surface area contributed by atoms with E-state index >= 15 is 0 Å². The molecule has 2 aromatic carbocycles. The van der Waals surface area contributed by atoms with Gasteiger partial charge < -0.3 is 10.6 Å². The molecule has 2 aliphatic rings. The molecule has 3 N–H and O–H groups in total. The monoisotopic (exact) mass is 425 g/mol. The van der Waals surface area contributed by atoms with Crippen molar-refractivity contribution in [2.75, 3.05) is 17.2 Å². The second-order valence-electron chi connectivity index (χ2n) is 9.62. The van der Waals surface area contributed by atoms with Crippen molar-refractivity contribution in [3.05, 3.63) is 53.6 Å². The highest BCUT2D eigenvalue weighted by Gasteiger charge is 2.46. The van der Waals surface area contributed by atoms with E-state index in [-0.39, 0.29) is 16.9 Å². The maximum Gasteiger partial charge on any atom is 0.258 e. The number of amides is 1. The molecule has 1 heterocycles. The van der Waals surface area contributed by atoms with Crippen LogP contribution in [0.2, 0.25) is 0 Å². The van der Waals surface area contributed by atoms with Gasteiger partial charge in [-0.1, -0.05) is 37.5 Å². The molecule has 0 bridgehead atoms. The Labute approximate surface area is 181 Å². The van der Waals surface area contributed by atoms with Crippen molar-refractivity contribution in [2.45, 2.75) is 68.7 Å². The molecule has 1 atom stereocenters.